The third-order valence-electron chi connectivity index (χ3n) is 6.86. The number of nitrogens with two attached hydrogens (primary N) is 1. The average Bonchev–Trinajstić information content (AvgIpc) is 3.29. The van der Waals surface area contributed by atoms with E-state index < -0.39 is 40.0 Å². The van der Waals surface area contributed by atoms with Gasteiger partial charge < -0.3 is 25.3 Å². The number of methoxy groups -OCH3 is 1. The first kappa shape index (κ1) is 36.2. The third-order valence-corrected chi connectivity index (χ3v) is 6.86. The molecular formula is C32H34N6O10S. The molecule has 0 spiro atoms. The summed E-state index contributed by atoms with van der Waals surface area (Å²) in [5.41, 5.74) is 6.69. The number of nitrogens with one attached hydrogen (secondary N) is 1. The number of anilines is 1. The Morgan fingerprint density at radius 1 is 1.00 bits per heavy atom. The predicted octanol–water partition coefficient (Wildman–Crippen LogP) is 3.57. The predicted molar refractivity (Wildman–Crippen MR) is 179 cm³/mol. The minimum absolute atomic E-state index is 0.0691. The second-order valence-electron chi connectivity index (χ2n) is 10.6. The van der Waals surface area contributed by atoms with Crippen LogP contribution in [-0.4, -0.2) is 68.0 Å². The Hall–Kier alpha value is -5.62. The Morgan fingerprint density at radius 2 is 1.67 bits per heavy atom. The van der Waals surface area contributed by atoms with Gasteiger partial charge in [0.2, 0.25) is 0 Å². The molecule has 0 aliphatic rings. The Morgan fingerprint density at radius 3 is 2.29 bits per heavy atom. The summed E-state index contributed by atoms with van der Waals surface area (Å²) in [6.07, 6.45) is 2.48. The topological polar surface area (TPSA) is 227 Å². The van der Waals surface area contributed by atoms with Gasteiger partial charge in [-0.1, -0.05) is 18.2 Å². The zero-order chi connectivity index (χ0) is 35.9. The SMILES string of the molecule is COc1ccc2c(Oc3ccc(NC(=O)c4c(C)n(C[C@@H](C)OC(=O)[C@H](C)N)n(-c5ccccc5)c4=O)nc3)ccnc2c1.O=S(=O)(O)O. The molecule has 5 aromatic rings. The van der Waals surface area contributed by atoms with Crippen molar-refractivity contribution < 1.29 is 41.3 Å². The van der Waals surface area contributed by atoms with Gasteiger partial charge in [0.15, 0.2) is 0 Å². The lowest BCUT2D eigenvalue weighted by Gasteiger charge is -2.19. The van der Waals surface area contributed by atoms with Gasteiger partial charge in [0.05, 0.1) is 36.7 Å². The first-order valence-corrected chi connectivity index (χ1v) is 16.0. The van der Waals surface area contributed by atoms with Gasteiger partial charge in [0.25, 0.3) is 11.5 Å². The maximum atomic E-state index is 13.7. The van der Waals surface area contributed by atoms with Gasteiger partial charge in [0.1, 0.15) is 40.8 Å². The molecule has 0 aliphatic carbocycles. The zero-order valence-corrected chi connectivity index (χ0v) is 27.6. The number of aromatic nitrogens is 4. The standard InChI is InChI=1S/C32H32N6O6.H2O4S/c1-19(43-32(41)20(2)33)18-37-21(3)29(31(40)38(37)22-8-6-5-7-9-22)30(39)36-28-13-11-24(17-35-28)44-27-14-15-34-26-16-23(42-4)10-12-25(26)27;1-5(2,3)4/h5-17,19-20H,18,33H2,1-4H3,(H,35,36,39);(H2,1,2,3,4)/t19-,20+;/m1./s1. The third kappa shape index (κ3) is 9.48. The van der Waals surface area contributed by atoms with E-state index in [-0.39, 0.29) is 17.9 Å². The van der Waals surface area contributed by atoms with Gasteiger partial charge >= 0.3 is 16.4 Å². The number of nitrogens with zero attached hydrogens (tertiary/aromatic N) is 4. The second-order valence-corrected chi connectivity index (χ2v) is 11.5. The molecule has 0 radical (unpaired) electrons. The number of para-hydroxylation sites is 1. The molecule has 258 valence electrons. The summed E-state index contributed by atoms with van der Waals surface area (Å²) < 4.78 is 51.3. The van der Waals surface area contributed by atoms with Gasteiger partial charge in [-0.2, -0.15) is 8.42 Å². The Bertz CT molecular complexity index is 2110. The van der Waals surface area contributed by atoms with Crippen LogP contribution < -0.4 is 26.1 Å². The van der Waals surface area contributed by atoms with Crippen molar-refractivity contribution in [2.75, 3.05) is 12.4 Å². The lowest BCUT2D eigenvalue weighted by Crippen LogP contribution is -2.34. The summed E-state index contributed by atoms with van der Waals surface area (Å²) in [6, 6.07) is 18.6. The van der Waals surface area contributed by atoms with Crippen LogP contribution >= 0.6 is 0 Å². The van der Waals surface area contributed by atoms with E-state index in [4.69, 9.17) is 37.5 Å². The molecule has 0 saturated carbocycles. The fourth-order valence-corrected chi connectivity index (χ4v) is 4.68. The fraction of sp³-hybridized carbons (Fsp3) is 0.219. The van der Waals surface area contributed by atoms with E-state index in [1.807, 2.05) is 24.3 Å². The number of ether oxygens (including phenoxy) is 3. The van der Waals surface area contributed by atoms with E-state index in [1.54, 1.807) is 74.3 Å². The summed E-state index contributed by atoms with van der Waals surface area (Å²) in [4.78, 5) is 47.9. The van der Waals surface area contributed by atoms with Crippen LogP contribution in [0.2, 0.25) is 0 Å². The van der Waals surface area contributed by atoms with Gasteiger partial charge in [-0.3, -0.25) is 33.2 Å². The van der Waals surface area contributed by atoms with Crippen LogP contribution in [0.25, 0.3) is 16.6 Å². The van der Waals surface area contributed by atoms with Crippen LogP contribution in [0.15, 0.2) is 83.9 Å². The van der Waals surface area contributed by atoms with Crippen molar-refractivity contribution in [2.45, 2.75) is 39.5 Å². The second kappa shape index (κ2) is 15.5. The van der Waals surface area contributed by atoms with Crippen molar-refractivity contribution >= 4 is 39.0 Å². The van der Waals surface area contributed by atoms with Crippen molar-refractivity contribution in [3.8, 4) is 22.9 Å². The van der Waals surface area contributed by atoms with Crippen molar-refractivity contribution in [1.82, 2.24) is 19.3 Å². The van der Waals surface area contributed by atoms with Crippen molar-refractivity contribution in [1.29, 1.82) is 0 Å². The van der Waals surface area contributed by atoms with E-state index in [1.165, 1.54) is 17.8 Å². The van der Waals surface area contributed by atoms with Gasteiger partial charge in [-0.05, 0) is 63.2 Å². The molecule has 2 atom stereocenters. The van der Waals surface area contributed by atoms with E-state index in [2.05, 4.69) is 15.3 Å². The highest BCUT2D eigenvalue weighted by Crippen LogP contribution is 2.30. The van der Waals surface area contributed by atoms with Crippen LogP contribution in [0.3, 0.4) is 0 Å². The summed E-state index contributed by atoms with van der Waals surface area (Å²) in [5, 5.41) is 3.50. The summed E-state index contributed by atoms with van der Waals surface area (Å²) in [6.45, 7) is 5.00. The Balaban J connectivity index is 0.00000101. The maximum absolute atomic E-state index is 13.7. The van der Waals surface area contributed by atoms with E-state index >= 15 is 0 Å². The lowest BCUT2D eigenvalue weighted by atomic mass is 10.2. The maximum Gasteiger partial charge on any atom is 0.394 e. The summed E-state index contributed by atoms with van der Waals surface area (Å²) >= 11 is 0. The normalized spacial score (nSPS) is 12.3. The first-order chi connectivity index (χ1) is 23.2. The molecule has 5 N–H and O–H groups in total. The molecule has 16 nitrogen and oxygen atoms in total. The molecular weight excluding hydrogens is 660 g/mol. The molecule has 17 heteroatoms. The first-order valence-electron chi connectivity index (χ1n) is 14.6. The molecule has 2 aromatic carbocycles. The van der Waals surface area contributed by atoms with Crippen LogP contribution in [0.5, 0.6) is 17.2 Å². The van der Waals surface area contributed by atoms with Crippen molar-refractivity contribution in [3.05, 3.63) is 101 Å². The minimum Gasteiger partial charge on any atom is -0.497 e. The van der Waals surface area contributed by atoms with E-state index in [0.29, 0.717) is 34.1 Å². The highest BCUT2D eigenvalue weighted by molar-refractivity contribution is 7.79. The molecule has 0 fully saturated rings. The number of carbonyl (C=O) groups excluding carboxylic acids is 2. The molecule has 3 aromatic heterocycles. The minimum atomic E-state index is -4.67. The quantitative estimate of drug-likeness (QED) is 0.121. The van der Waals surface area contributed by atoms with Gasteiger partial charge in [-0.15, -0.1) is 0 Å². The number of rotatable bonds is 10. The molecule has 0 bridgehead atoms. The number of hydrogen-bond acceptors (Lipinski definition) is 11. The number of hydrogen-bond donors (Lipinski definition) is 4. The lowest BCUT2D eigenvalue weighted by molar-refractivity contribution is -0.150. The number of carbonyl (C=O) groups is 2. The summed E-state index contributed by atoms with van der Waals surface area (Å²) in [5.74, 6) is 0.731. The number of esters is 1. The van der Waals surface area contributed by atoms with Crippen LogP contribution in [0.4, 0.5) is 5.82 Å². The average molecular weight is 695 g/mol. The van der Waals surface area contributed by atoms with Crippen molar-refractivity contribution in [2.24, 2.45) is 5.73 Å². The molecule has 0 aliphatic heterocycles. The molecule has 0 saturated heterocycles. The number of benzene rings is 2. The molecule has 3 heterocycles. The smallest absolute Gasteiger partial charge is 0.394 e. The molecule has 49 heavy (non-hydrogen) atoms. The van der Waals surface area contributed by atoms with E-state index in [9.17, 15) is 14.4 Å². The van der Waals surface area contributed by atoms with Gasteiger partial charge in [-0.25, -0.2) is 9.67 Å². The summed E-state index contributed by atoms with van der Waals surface area (Å²) in [7, 11) is -3.08. The number of fused-ring (bicyclic) bond motifs is 1. The fourth-order valence-electron chi connectivity index (χ4n) is 4.68. The Kier molecular flexibility index (Phi) is 11.5. The molecule has 1 amide bonds. The zero-order valence-electron chi connectivity index (χ0n) is 26.8. The monoisotopic (exact) mass is 694 g/mol. The number of amides is 1. The van der Waals surface area contributed by atoms with Crippen molar-refractivity contribution in [3.63, 3.8) is 0 Å². The van der Waals surface area contributed by atoms with Crippen LogP contribution in [0.1, 0.15) is 29.9 Å². The molecule has 0 unspecified atom stereocenters. The van der Waals surface area contributed by atoms with Crippen LogP contribution in [-0.2, 0) is 26.5 Å². The largest absolute Gasteiger partial charge is 0.497 e. The Labute approximate surface area is 280 Å². The van der Waals surface area contributed by atoms with Crippen LogP contribution in [0, 0.1) is 6.92 Å². The van der Waals surface area contributed by atoms with E-state index in [0.717, 1.165) is 5.39 Å². The number of pyridine rings is 2. The van der Waals surface area contributed by atoms with Gasteiger partial charge in [0, 0.05) is 17.6 Å². The molecule has 5 rings (SSSR count). The highest BCUT2D eigenvalue weighted by Gasteiger charge is 2.26. The highest BCUT2D eigenvalue weighted by atomic mass is 32.3.